The maximum Gasteiger partial charge on any atom is 0.150 e. The number of hydrogen-bond acceptors (Lipinski definition) is 4. The predicted molar refractivity (Wildman–Crippen MR) is 78.9 cm³/mol. The van der Waals surface area contributed by atoms with Crippen LogP contribution in [0.15, 0.2) is 18.5 Å². The minimum Gasteiger partial charge on any atom is -0.355 e. The fraction of sp³-hybridized carbons (Fsp3) is 0.533. The molecule has 0 saturated carbocycles. The van der Waals surface area contributed by atoms with Crippen LogP contribution in [0.4, 0.5) is 5.82 Å². The molecule has 20 heavy (non-hydrogen) atoms. The third-order valence-electron chi connectivity index (χ3n) is 4.12. The van der Waals surface area contributed by atoms with Gasteiger partial charge in [-0.1, -0.05) is 0 Å². The van der Waals surface area contributed by atoms with Gasteiger partial charge in [0.25, 0.3) is 0 Å². The molecule has 0 N–H and O–H groups in total. The van der Waals surface area contributed by atoms with Gasteiger partial charge in [-0.2, -0.15) is 5.10 Å². The predicted octanol–water partition coefficient (Wildman–Crippen LogP) is 2.21. The van der Waals surface area contributed by atoms with Crippen LogP contribution in [0.3, 0.4) is 0 Å². The lowest BCUT2D eigenvalue weighted by Gasteiger charge is -2.33. The van der Waals surface area contributed by atoms with E-state index in [1.807, 2.05) is 38.0 Å². The fourth-order valence-electron chi connectivity index (χ4n) is 3.00. The zero-order valence-corrected chi connectivity index (χ0v) is 12.4. The smallest absolute Gasteiger partial charge is 0.150 e. The standard InChI is InChI=1S/C15H21N5/c1-11-10-16-12(2)15(18-11)20-8-5-13(6-9-20)14-4-7-17-19(14)3/h4,7,10,13H,5-6,8-9H2,1-3H3. The van der Waals surface area contributed by atoms with Crippen LogP contribution >= 0.6 is 0 Å². The molecule has 2 aromatic heterocycles. The van der Waals surface area contributed by atoms with E-state index in [0.717, 1.165) is 43.1 Å². The normalized spacial score (nSPS) is 16.6. The molecule has 0 radical (unpaired) electrons. The summed E-state index contributed by atoms with van der Waals surface area (Å²) in [5.41, 5.74) is 3.35. The Kier molecular flexibility index (Phi) is 3.42. The maximum atomic E-state index is 4.65. The van der Waals surface area contributed by atoms with Gasteiger partial charge in [-0.15, -0.1) is 0 Å². The molecule has 0 spiro atoms. The van der Waals surface area contributed by atoms with Gasteiger partial charge in [-0.05, 0) is 32.8 Å². The minimum absolute atomic E-state index is 0.608. The largest absolute Gasteiger partial charge is 0.355 e. The average Bonchev–Trinajstić information content (AvgIpc) is 2.88. The van der Waals surface area contributed by atoms with Crippen LogP contribution in [0.5, 0.6) is 0 Å². The Morgan fingerprint density at radius 2 is 1.95 bits per heavy atom. The molecule has 3 rings (SSSR count). The number of aromatic nitrogens is 4. The van der Waals surface area contributed by atoms with Gasteiger partial charge in [0.1, 0.15) is 5.82 Å². The molecule has 0 atom stereocenters. The Morgan fingerprint density at radius 3 is 2.60 bits per heavy atom. The van der Waals surface area contributed by atoms with Crippen molar-refractivity contribution < 1.29 is 0 Å². The Morgan fingerprint density at radius 1 is 1.20 bits per heavy atom. The molecule has 2 aromatic rings. The van der Waals surface area contributed by atoms with Crippen LogP contribution in [-0.4, -0.2) is 32.8 Å². The third-order valence-corrected chi connectivity index (χ3v) is 4.12. The molecular weight excluding hydrogens is 250 g/mol. The first-order valence-corrected chi connectivity index (χ1v) is 7.18. The Bertz CT molecular complexity index is 596. The highest BCUT2D eigenvalue weighted by atomic mass is 15.3. The second kappa shape index (κ2) is 5.23. The van der Waals surface area contributed by atoms with Crippen LogP contribution in [0.2, 0.25) is 0 Å². The lowest BCUT2D eigenvalue weighted by molar-refractivity contribution is 0.474. The second-order valence-corrected chi connectivity index (χ2v) is 5.56. The Balaban J connectivity index is 1.72. The van der Waals surface area contributed by atoms with Crippen LogP contribution in [-0.2, 0) is 7.05 Å². The summed E-state index contributed by atoms with van der Waals surface area (Å²) in [5.74, 6) is 1.66. The van der Waals surface area contributed by atoms with Gasteiger partial charge in [0.15, 0.2) is 0 Å². The average molecular weight is 271 g/mol. The third kappa shape index (κ3) is 2.40. The number of anilines is 1. The van der Waals surface area contributed by atoms with E-state index in [1.165, 1.54) is 5.69 Å². The van der Waals surface area contributed by atoms with Crippen molar-refractivity contribution in [3.8, 4) is 0 Å². The van der Waals surface area contributed by atoms with E-state index in [2.05, 4.69) is 26.0 Å². The number of nitrogens with zero attached hydrogens (tertiary/aromatic N) is 5. The van der Waals surface area contributed by atoms with Gasteiger partial charge in [0.05, 0.1) is 11.4 Å². The minimum atomic E-state index is 0.608. The van der Waals surface area contributed by atoms with E-state index in [4.69, 9.17) is 0 Å². The van der Waals surface area contributed by atoms with Crippen LogP contribution < -0.4 is 4.90 Å². The van der Waals surface area contributed by atoms with Crippen LogP contribution in [0.1, 0.15) is 35.8 Å². The summed E-state index contributed by atoms with van der Waals surface area (Å²) in [6, 6.07) is 2.14. The maximum absolute atomic E-state index is 4.65. The van der Waals surface area contributed by atoms with Crippen LogP contribution in [0.25, 0.3) is 0 Å². The monoisotopic (exact) mass is 271 g/mol. The molecule has 106 valence electrons. The molecule has 1 aliphatic rings. The van der Waals surface area contributed by atoms with E-state index in [9.17, 15) is 0 Å². The summed E-state index contributed by atoms with van der Waals surface area (Å²) in [4.78, 5) is 11.4. The molecule has 5 nitrogen and oxygen atoms in total. The topological polar surface area (TPSA) is 46.8 Å². The first-order valence-electron chi connectivity index (χ1n) is 7.18. The van der Waals surface area contributed by atoms with Crippen molar-refractivity contribution >= 4 is 5.82 Å². The molecule has 0 aliphatic carbocycles. The van der Waals surface area contributed by atoms with Gasteiger partial charge >= 0.3 is 0 Å². The van der Waals surface area contributed by atoms with Crippen molar-refractivity contribution in [1.29, 1.82) is 0 Å². The van der Waals surface area contributed by atoms with Gasteiger partial charge in [0.2, 0.25) is 0 Å². The van der Waals surface area contributed by atoms with Gasteiger partial charge < -0.3 is 4.90 Å². The van der Waals surface area contributed by atoms with Crippen molar-refractivity contribution in [2.24, 2.45) is 7.05 Å². The van der Waals surface area contributed by atoms with Gasteiger partial charge in [-0.25, -0.2) is 4.98 Å². The molecule has 1 aliphatic heterocycles. The summed E-state index contributed by atoms with van der Waals surface area (Å²) in [6.45, 7) is 6.11. The lowest BCUT2D eigenvalue weighted by atomic mass is 9.93. The quantitative estimate of drug-likeness (QED) is 0.840. The van der Waals surface area contributed by atoms with E-state index < -0.39 is 0 Å². The zero-order chi connectivity index (χ0) is 14.1. The number of hydrogen-bond donors (Lipinski definition) is 0. The van der Waals surface area contributed by atoms with Gasteiger partial charge in [-0.3, -0.25) is 9.67 Å². The summed E-state index contributed by atoms with van der Waals surface area (Å²) in [7, 11) is 2.03. The first-order chi connectivity index (χ1) is 9.65. The SMILES string of the molecule is Cc1cnc(C)c(N2CCC(c3ccnn3C)CC2)n1. The highest BCUT2D eigenvalue weighted by Gasteiger charge is 2.24. The summed E-state index contributed by atoms with van der Waals surface area (Å²) < 4.78 is 2.00. The highest BCUT2D eigenvalue weighted by molar-refractivity contribution is 5.43. The number of aryl methyl sites for hydroxylation is 3. The molecule has 1 saturated heterocycles. The molecule has 0 aromatic carbocycles. The second-order valence-electron chi connectivity index (χ2n) is 5.56. The summed E-state index contributed by atoms with van der Waals surface area (Å²) in [6.07, 6.45) is 6.02. The number of rotatable bonds is 2. The van der Waals surface area contributed by atoms with Crippen molar-refractivity contribution in [2.75, 3.05) is 18.0 Å². The van der Waals surface area contributed by atoms with Crippen LogP contribution in [0, 0.1) is 13.8 Å². The number of piperidine rings is 1. The van der Waals surface area contributed by atoms with E-state index in [0.29, 0.717) is 5.92 Å². The van der Waals surface area contributed by atoms with E-state index in [-0.39, 0.29) is 0 Å². The van der Waals surface area contributed by atoms with E-state index >= 15 is 0 Å². The molecule has 0 unspecified atom stereocenters. The van der Waals surface area contributed by atoms with Crippen molar-refractivity contribution in [3.05, 3.63) is 35.5 Å². The Hall–Kier alpha value is -1.91. The Labute approximate surface area is 119 Å². The molecule has 3 heterocycles. The molecular formula is C15H21N5. The van der Waals surface area contributed by atoms with Crippen molar-refractivity contribution in [2.45, 2.75) is 32.6 Å². The van der Waals surface area contributed by atoms with Crippen molar-refractivity contribution in [1.82, 2.24) is 19.7 Å². The molecule has 0 amide bonds. The zero-order valence-electron chi connectivity index (χ0n) is 12.4. The highest BCUT2D eigenvalue weighted by Crippen LogP contribution is 2.30. The summed E-state index contributed by atoms with van der Waals surface area (Å²) >= 11 is 0. The van der Waals surface area contributed by atoms with Gasteiger partial charge in [0, 0.05) is 44.1 Å². The van der Waals surface area contributed by atoms with E-state index in [1.54, 1.807) is 0 Å². The first kappa shape index (κ1) is 13.1. The fourth-order valence-corrected chi connectivity index (χ4v) is 3.00. The summed E-state index contributed by atoms with van der Waals surface area (Å²) in [5, 5.41) is 4.28. The molecule has 0 bridgehead atoms. The lowest BCUT2D eigenvalue weighted by Crippen LogP contribution is -2.34. The molecule has 1 fully saturated rings. The van der Waals surface area contributed by atoms with Crippen molar-refractivity contribution in [3.63, 3.8) is 0 Å². The molecule has 5 heteroatoms.